The second kappa shape index (κ2) is 7.34. The number of hydrogen-bond donors (Lipinski definition) is 2. The number of amides is 2. The van der Waals surface area contributed by atoms with E-state index in [0.717, 1.165) is 12.1 Å². The molecule has 0 unspecified atom stereocenters. The third kappa shape index (κ3) is 4.61. The first-order chi connectivity index (χ1) is 10.9. The van der Waals surface area contributed by atoms with Crippen molar-refractivity contribution >= 4 is 11.8 Å². The summed E-state index contributed by atoms with van der Waals surface area (Å²) in [6.45, 7) is -1.54. The fraction of sp³-hybridized carbons (Fsp3) is 0.467. The summed E-state index contributed by atoms with van der Waals surface area (Å²) in [6.07, 6.45) is 1.49. The summed E-state index contributed by atoms with van der Waals surface area (Å²) in [5.74, 6) is -1.67. The SMILES string of the molecule is C[C@@H](NC(=O)[C@H]1CCCC(=O)N1)c1ccc(F)cc1OC(F)F. The fourth-order valence-corrected chi connectivity index (χ4v) is 2.46. The summed E-state index contributed by atoms with van der Waals surface area (Å²) >= 11 is 0. The Balaban J connectivity index is 2.09. The Labute approximate surface area is 131 Å². The molecular weight excluding hydrogens is 313 g/mol. The third-order valence-electron chi connectivity index (χ3n) is 3.57. The molecule has 1 aromatic carbocycles. The Bertz CT molecular complexity index is 595. The lowest BCUT2D eigenvalue weighted by atomic mass is 10.0. The van der Waals surface area contributed by atoms with E-state index in [0.29, 0.717) is 19.3 Å². The first-order valence-electron chi connectivity index (χ1n) is 7.21. The topological polar surface area (TPSA) is 67.4 Å². The Morgan fingerprint density at radius 1 is 1.43 bits per heavy atom. The molecule has 2 N–H and O–H groups in total. The van der Waals surface area contributed by atoms with Crippen LogP contribution in [-0.2, 0) is 9.59 Å². The number of piperidine rings is 1. The number of ether oxygens (including phenoxy) is 1. The van der Waals surface area contributed by atoms with Crippen LogP contribution in [0.3, 0.4) is 0 Å². The van der Waals surface area contributed by atoms with Gasteiger partial charge in [0.1, 0.15) is 17.6 Å². The maximum atomic E-state index is 13.2. The number of nitrogens with one attached hydrogen (secondary N) is 2. The molecule has 1 aromatic rings. The van der Waals surface area contributed by atoms with E-state index in [1.807, 2.05) is 0 Å². The van der Waals surface area contributed by atoms with E-state index < -0.39 is 30.4 Å². The summed E-state index contributed by atoms with van der Waals surface area (Å²) in [7, 11) is 0. The van der Waals surface area contributed by atoms with Gasteiger partial charge >= 0.3 is 6.61 Å². The van der Waals surface area contributed by atoms with E-state index in [2.05, 4.69) is 15.4 Å². The molecule has 0 spiro atoms. The number of alkyl halides is 2. The van der Waals surface area contributed by atoms with Crippen LogP contribution >= 0.6 is 0 Å². The lowest BCUT2D eigenvalue weighted by molar-refractivity contribution is -0.131. The fourth-order valence-electron chi connectivity index (χ4n) is 2.46. The van der Waals surface area contributed by atoms with Gasteiger partial charge in [0.25, 0.3) is 0 Å². The van der Waals surface area contributed by atoms with Gasteiger partial charge in [-0.15, -0.1) is 0 Å². The van der Waals surface area contributed by atoms with Gasteiger partial charge in [0.05, 0.1) is 6.04 Å². The Morgan fingerprint density at radius 3 is 2.83 bits per heavy atom. The summed E-state index contributed by atoms with van der Waals surface area (Å²) in [4.78, 5) is 23.4. The zero-order valence-corrected chi connectivity index (χ0v) is 12.4. The van der Waals surface area contributed by atoms with Crippen LogP contribution in [0.5, 0.6) is 5.75 Å². The highest BCUT2D eigenvalue weighted by molar-refractivity contribution is 5.88. The average Bonchev–Trinajstić information content (AvgIpc) is 2.46. The molecule has 1 aliphatic rings. The second-order valence-corrected chi connectivity index (χ2v) is 5.30. The van der Waals surface area contributed by atoms with Gasteiger partial charge in [-0.3, -0.25) is 9.59 Å². The summed E-state index contributed by atoms with van der Waals surface area (Å²) in [6, 6.07) is 1.87. The van der Waals surface area contributed by atoms with Crippen molar-refractivity contribution in [3.63, 3.8) is 0 Å². The maximum absolute atomic E-state index is 13.2. The van der Waals surface area contributed by atoms with E-state index in [4.69, 9.17) is 0 Å². The highest BCUT2D eigenvalue weighted by Gasteiger charge is 2.26. The van der Waals surface area contributed by atoms with Gasteiger partial charge in [0.2, 0.25) is 11.8 Å². The normalized spacial score (nSPS) is 19.2. The van der Waals surface area contributed by atoms with Crippen LogP contribution < -0.4 is 15.4 Å². The molecule has 0 bridgehead atoms. The molecule has 2 amide bonds. The van der Waals surface area contributed by atoms with E-state index >= 15 is 0 Å². The monoisotopic (exact) mass is 330 g/mol. The first-order valence-corrected chi connectivity index (χ1v) is 7.21. The quantitative estimate of drug-likeness (QED) is 0.870. The number of benzene rings is 1. The zero-order chi connectivity index (χ0) is 17.0. The summed E-state index contributed by atoms with van der Waals surface area (Å²) in [5, 5.41) is 5.19. The highest BCUT2D eigenvalue weighted by Crippen LogP contribution is 2.27. The van der Waals surface area contributed by atoms with Gasteiger partial charge < -0.3 is 15.4 Å². The number of halogens is 3. The van der Waals surface area contributed by atoms with Crippen molar-refractivity contribution in [3.8, 4) is 5.75 Å². The zero-order valence-electron chi connectivity index (χ0n) is 12.4. The van der Waals surface area contributed by atoms with Gasteiger partial charge in [-0.2, -0.15) is 8.78 Å². The Morgan fingerprint density at radius 2 is 2.17 bits per heavy atom. The number of carbonyl (C=O) groups excluding carboxylic acids is 2. The molecular formula is C15H17F3N2O3. The van der Waals surface area contributed by atoms with Crippen LogP contribution in [0, 0.1) is 5.82 Å². The number of hydrogen-bond acceptors (Lipinski definition) is 3. The van der Waals surface area contributed by atoms with Crippen LogP contribution in [0.15, 0.2) is 18.2 Å². The van der Waals surface area contributed by atoms with E-state index in [-0.39, 0.29) is 17.2 Å². The minimum absolute atomic E-state index is 0.201. The minimum atomic E-state index is -3.10. The predicted molar refractivity (Wildman–Crippen MR) is 75.4 cm³/mol. The van der Waals surface area contributed by atoms with Crippen molar-refractivity contribution in [2.75, 3.05) is 0 Å². The summed E-state index contributed by atoms with van der Waals surface area (Å²) < 4.78 is 42.3. The van der Waals surface area contributed by atoms with Crippen LogP contribution in [0.4, 0.5) is 13.2 Å². The van der Waals surface area contributed by atoms with Gasteiger partial charge in [-0.05, 0) is 25.8 Å². The van der Waals surface area contributed by atoms with Crippen LogP contribution in [0.1, 0.15) is 37.8 Å². The Hall–Kier alpha value is -2.25. The number of rotatable bonds is 5. The molecule has 1 aliphatic heterocycles. The molecule has 8 heteroatoms. The lowest BCUT2D eigenvalue weighted by Crippen LogP contribution is -2.49. The second-order valence-electron chi connectivity index (χ2n) is 5.30. The van der Waals surface area contributed by atoms with Crippen LogP contribution in [0.2, 0.25) is 0 Å². The maximum Gasteiger partial charge on any atom is 0.387 e. The van der Waals surface area contributed by atoms with Crippen LogP contribution in [0.25, 0.3) is 0 Å². The van der Waals surface area contributed by atoms with Crippen molar-refractivity contribution in [2.45, 2.75) is 44.9 Å². The van der Waals surface area contributed by atoms with Gasteiger partial charge in [0.15, 0.2) is 0 Å². The molecule has 0 aromatic heterocycles. The molecule has 0 aliphatic carbocycles. The highest BCUT2D eigenvalue weighted by atomic mass is 19.3. The van der Waals surface area contributed by atoms with Crippen molar-refractivity contribution in [3.05, 3.63) is 29.6 Å². The first kappa shape index (κ1) is 17.1. The van der Waals surface area contributed by atoms with E-state index in [1.54, 1.807) is 6.92 Å². The molecule has 1 heterocycles. The van der Waals surface area contributed by atoms with Gasteiger partial charge in [-0.25, -0.2) is 4.39 Å². The van der Waals surface area contributed by atoms with Crippen molar-refractivity contribution in [1.29, 1.82) is 0 Å². The molecule has 2 atom stereocenters. The number of carbonyl (C=O) groups is 2. The average molecular weight is 330 g/mol. The Kier molecular flexibility index (Phi) is 5.46. The van der Waals surface area contributed by atoms with E-state index in [1.165, 1.54) is 6.07 Å². The smallest absolute Gasteiger partial charge is 0.387 e. The minimum Gasteiger partial charge on any atom is -0.434 e. The molecule has 1 saturated heterocycles. The summed E-state index contributed by atoms with van der Waals surface area (Å²) in [5.41, 5.74) is 0.224. The van der Waals surface area contributed by atoms with Crippen molar-refractivity contribution in [1.82, 2.24) is 10.6 Å². The standard InChI is InChI=1S/C15H17F3N2O3/c1-8(19-14(22)11-3-2-4-13(21)20-11)10-6-5-9(16)7-12(10)23-15(17)18/h5-8,11,15H,2-4H2,1H3,(H,19,22)(H,20,21)/t8-,11-/m1/s1. The molecule has 23 heavy (non-hydrogen) atoms. The molecule has 2 rings (SSSR count). The van der Waals surface area contributed by atoms with Gasteiger partial charge in [-0.1, -0.05) is 6.07 Å². The third-order valence-corrected chi connectivity index (χ3v) is 3.57. The predicted octanol–water partition coefficient (Wildman–Crippen LogP) is 2.27. The van der Waals surface area contributed by atoms with E-state index in [9.17, 15) is 22.8 Å². The molecule has 1 fully saturated rings. The van der Waals surface area contributed by atoms with Crippen molar-refractivity contribution in [2.24, 2.45) is 0 Å². The van der Waals surface area contributed by atoms with Crippen LogP contribution in [-0.4, -0.2) is 24.5 Å². The molecule has 126 valence electrons. The van der Waals surface area contributed by atoms with Gasteiger partial charge in [0, 0.05) is 18.1 Å². The molecule has 0 saturated carbocycles. The lowest BCUT2D eigenvalue weighted by Gasteiger charge is -2.25. The largest absolute Gasteiger partial charge is 0.434 e. The molecule has 5 nitrogen and oxygen atoms in total. The van der Waals surface area contributed by atoms with Crippen molar-refractivity contribution < 1.29 is 27.5 Å². The molecule has 0 radical (unpaired) electrons.